The van der Waals surface area contributed by atoms with Gasteiger partial charge in [-0.05, 0) is 22.0 Å². The van der Waals surface area contributed by atoms with Crippen LogP contribution >= 0.6 is 0 Å². The maximum atomic E-state index is 11.1. The summed E-state index contributed by atoms with van der Waals surface area (Å²) in [5.41, 5.74) is 0.247. The number of nitrogens with zero attached hydrogens (tertiary/aromatic N) is 3. The molecule has 0 aromatic carbocycles. The molecule has 0 bridgehead atoms. The molecule has 8 heteroatoms. The number of carbonyl (C=O) groups is 1. The molecular weight excluding hydrogens is 240 g/mol. The maximum absolute atomic E-state index is 11.1. The highest BCUT2D eigenvalue weighted by Gasteiger charge is 2.32. The van der Waals surface area contributed by atoms with E-state index in [0.29, 0.717) is 13.1 Å². The van der Waals surface area contributed by atoms with Crippen LogP contribution in [0.5, 0.6) is 0 Å². The number of hydrogen-bond donors (Lipinski definition) is 2. The Morgan fingerprint density at radius 1 is 1.67 bits per heavy atom. The molecule has 18 heavy (non-hydrogen) atoms. The van der Waals surface area contributed by atoms with Gasteiger partial charge in [0.25, 0.3) is 0 Å². The lowest BCUT2D eigenvalue weighted by atomic mass is 10.1. The quantitative estimate of drug-likeness (QED) is 0.568. The summed E-state index contributed by atoms with van der Waals surface area (Å²) >= 11 is 0. The van der Waals surface area contributed by atoms with Crippen molar-refractivity contribution in [2.75, 3.05) is 24.5 Å². The van der Waals surface area contributed by atoms with Crippen molar-refractivity contribution in [2.45, 2.75) is 6.04 Å². The summed E-state index contributed by atoms with van der Waals surface area (Å²) in [6.45, 7) is 1.22. The van der Waals surface area contributed by atoms with Gasteiger partial charge in [-0.3, -0.25) is 0 Å². The molecule has 96 valence electrons. The van der Waals surface area contributed by atoms with Crippen LogP contribution < -0.4 is 10.2 Å². The molecule has 2 heterocycles. The molecule has 1 aromatic rings. The molecule has 1 aliphatic heterocycles. The summed E-state index contributed by atoms with van der Waals surface area (Å²) in [6.07, 6.45) is 1.32. The second-order valence-corrected chi connectivity index (χ2v) is 3.85. The van der Waals surface area contributed by atoms with Gasteiger partial charge in [0.1, 0.15) is 17.9 Å². The van der Waals surface area contributed by atoms with E-state index in [4.69, 9.17) is 5.11 Å². The molecular formula is C10H12N4O4. The summed E-state index contributed by atoms with van der Waals surface area (Å²) in [5.74, 6) is -1.33. The van der Waals surface area contributed by atoms with Crippen LogP contribution in [0.1, 0.15) is 0 Å². The van der Waals surface area contributed by atoms with Crippen LogP contribution in [0, 0.1) is 10.1 Å². The number of pyridine rings is 1. The molecule has 0 aliphatic carbocycles. The Morgan fingerprint density at radius 3 is 3.11 bits per heavy atom. The topological polar surface area (TPSA) is 109 Å². The van der Waals surface area contributed by atoms with Crippen LogP contribution in [0.25, 0.3) is 0 Å². The van der Waals surface area contributed by atoms with Gasteiger partial charge in [0.05, 0.1) is 0 Å². The molecule has 1 aromatic heterocycles. The highest BCUT2D eigenvalue weighted by Crippen LogP contribution is 2.27. The van der Waals surface area contributed by atoms with Crippen LogP contribution in [-0.2, 0) is 4.79 Å². The van der Waals surface area contributed by atoms with E-state index in [0.717, 1.165) is 0 Å². The first-order valence-electron chi connectivity index (χ1n) is 5.41. The van der Waals surface area contributed by atoms with E-state index in [1.807, 2.05) is 0 Å². The number of rotatable bonds is 3. The average Bonchev–Trinajstić information content (AvgIpc) is 2.38. The van der Waals surface area contributed by atoms with Crippen molar-refractivity contribution in [1.82, 2.24) is 10.3 Å². The monoisotopic (exact) mass is 252 g/mol. The highest BCUT2D eigenvalue weighted by atomic mass is 16.6. The number of aromatic nitrogens is 1. The standard InChI is InChI=1S/C10H12N4O4/c15-10(16)8-6-11-4-5-13(8)7-2-1-3-12-9(7)14(17)18/h1-3,8,11H,4-6H2,(H,15,16)/t8-/m0/s1. The van der Waals surface area contributed by atoms with Crippen LogP contribution in [0.4, 0.5) is 11.5 Å². The molecule has 1 saturated heterocycles. The largest absolute Gasteiger partial charge is 0.480 e. The van der Waals surface area contributed by atoms with E-state index in [1.165, 1.54) is 17.2 Å². The van der Waals surface area contributed by atoms with Crippen molar-refractivity contribution in [1.29, 1.82) is 0 Å². The smallest absolute Gasteiger partial charge is 0.387 e. The number of carboxylic acids is 1. The number of carboxylic acid groups (broad SMARTS) is 1. The molecule has 0 spiro atoms. The number of piperazine rings is 1. The Kier molecular flexibility index (Phi) is 3.38. The molecule has 2 N–H and O–H groups in total. The SMILES string of the molecule is O=C(O)[C@@H]1CNCCN1c1cccnc1[N+](=O)[O-]. The highest BCUT2D eigenvalue weighted by molar-refractivity contribution is 5.80. The fraction of sp³-hybridized carbons (Fsp3) is 0.400. The van der Waals surface area contributed by atoms with Gasteiger partial charge >= 0.3 is 11.8 Å². The second kappa shape index (κ2) is 4.96. The summed E-state index contributed by atoms with van der Waals surface area (Å²) in [5, 5.41) is 23.0. The lowest BCUT2D eigenvalue weighted by Gasteiger charge is -2.34. The fourth-order valence-corrected chi connectivity index (χ4v) is 1.97. The van der Waals surface area contributed by atoms with E-state index < -0.39 is 16.9 Å². The molecule has 8 nitrogen and oxygen atoms in total. The number of hydrogen-bond acceptors (Lipinski definition) is 6. The van der Waals surface area contributed by atoms with E-state index in [2.05, 4.69) is 10.3 Å². The van der Waals surface area contributed by atoms with Crippen LogP contribution in [0.2, 0.25) is 0 Å². The minimum absolute atomic E-state index is 0.247. The molecule has 0 amide bonds. The van der Waals surface area contributed by atoms with Crippen molar-refractivity contribution in [2.24, 2.45) is 0 Å². The van der Waals surface area contributed by atoms with E-state index in [9.17, 15) is 14.9 Å². The van der Waals surface area contributed by atoms with Gasteiger partial charge in [-0.15, -0.1) is 0 Å². The van der Waals surface area contributed by atoms with E-state index in [1.54, 1.807) is 6.07 Å². The number of anilines is 1. The lowest BCUT2D eigenvalue weighted by Crippen LogP contribution is -2.55. The van der Waals surface area contributed by atoms with Gasteiger partial charge in [0.15, 0.2) is 0 Å². The summed E-state index contributed by atoms with van der Waals surface area (Å²) in [6, 6.07) is 2.26. The maximum Gasteiger partial charge on any atom is 0.387 e. The molecule has 0 unspecified atom stereocenters. The fourth-order valence-electron chi connectivity index (χ4n) is 1.97. The zero-order valence-electron chi connectivity index (χ0n) is 9.44. The third-order valence-corrected chi connectivity index (χ3v) is 2.78. The molecule has 0 radical (unpaired) electrons. The molecule has 1 fully saturated rings. The Labute approximate surface area is 102 Å². The Balaban J connectivity index is 2.39. The Hall–Kier alpha value is -2.22. The lowest BCUT2D eigenvalue weighted by molar-refractivity contribution is -0.388. The van der Waals surface area contributed by atoms with Crippen molar-refractivity contribution >= 4 is 17.5 Å². The van der Waals surface area contributed by atoms with Gasteiger partial charge in [-0.2, -0.15) is 0 Å². The minimum atomic E-state index is -1.01. The average molecular weight is 252 g/mol. The van der Waals surface area contributed by atoms with E-state index >= 15 is 0 Å². The molecule has 0 saturated carbocycles. The second-order valence-electron chi connectivity index (χ2n) is 3.85. The number of nitro groups is 1. The third kappa shape index (κ3) is 2.23. The van der Waals surface area contributed by atoms with Gasteiger partial charge in [-0.25, -0.2) is 4.79 Å². The molecule has 2 rings (SSSR count). The minimum Gasteiger partial charge on any atom is -0.480 e. The van der Waals surface area contributed by atoms with Crippen molar-refractivity contribution in [3.05, 3.63) is 28.4 Å². The predicted molar refractivity (Wildman–Crippen MR) is 62.5 cm³/mol. The molecule has 1 aliphatic rings. The zero-order chi connectivity index (χ0) is 13.1. The first-order chi connectivity index (χ1) is 8.61. The zero-order valence-corrected chi connectivity index (χ0v) is 9.44. The summed E-state index contributed by atoms with van der Waals surface area (Å²) < 4.78 is 0. The van der Waals surface area contributed by atoms with Gasteiger partial charge in [-0.1, -0.05) is 0 Å². The van der Waals surface area contributed by atoms with Crippen LogP contribution in [0.15, 0.2) is 18.3 Å². The number of nitrogens with one attached hydrogen (secondary N) is 1. The summed E-state index contributed by atoms with van der Waals surface area (Å²) in [4.78, 5) is 26.6. The molecule has 1 atom stereocenters. The Morgan fingerprint density at radius 2 is 2.44 bits per heavy atom. The van der Waals surface area contributed by atoms with Crippen molar-refractivity contribution in [3.8, 4) is 0 Å². The predicted octanol–water partition coefficient (Wildman–Crippen LogP) is -0.147. The van der Waals surface area contributed by atoms with Gasteiger partial charge in [0.2, 0.25) is 0 Å². The van der Waals surface area contributed by atoms with E-state index in [-0.39, 0.29) is 18.1 Å². The van der Waals surface area contributed by atoms with Gasteiger partial charge < -0.3 is 25.4 Å². The first-order valence-corrected chi connectivity index (χ1v) is 5.41. The first kappa shape index (κ1) is 12.2. The van der Waals surface area contributed by atoms with Crippen molar-refractivity contribution < 1.29 is 14.8 Å². The Bertz CT molecular complexity index is 479. The van der Waals surface area contributed by atoms with Crippen LogP contribution in [-0.4, -0.2) is 46.7 Å². The number of aliphatic carboxylic acids is 1. The van der Waals surface area contributed by atoms with Crippen molar-refractivity contribution in [3.63, 3.8) is 0 Å². The normalized spacial score (nSPS) is 19.6. The summed E-state index contributed by atoms with van der Waals surface area (Å²) in [7, 11) is 0. The third-order valence-electron chi connectivity index (χ3n) is 2.78. The van der Waals surface area contributed by atoms with Crippen LogP contribution in [0.3, 0.4) is 0 Å². The van der Waals surface area contributed by atoms with Gasteiger partial charge in [0, 0.05) is 19.6 Å².